The predicted molar refractivity (Wildman–Crippen MR) is 57.6 cm³/mol. The molecule has 1 rings (SSSR count). The maximum Gasteiger partial charge on any atom is 1.00 e. The van der Waals surface area contributed by atoms with E-state index in [0.29, 0.717) is 6.61 Å². The molecule has 0 aliphatic rings. The van der Waals surface area contributed by atoms with Crippen LogP contribution in [0, 0.1) is 10.1 Å². The molecule has 0 fully saturated rings. The van der Waals surface area contributed by atoms with E-state index in [1.54, 1.807) is 6.92 Å². The zero-order chi connectivity index (χ0) is 13.1. The standard InChI is InChI=1S/C8H10N2O6S.Na/c1-2-16-6-3-4-7(9-17(13,14)15)8(5-6)10(11)12;/h3-5,9H,2H2,1H3,(H,13,14,15);/q;+1/p-1. The minimum Gasteiger partial charge on any atom is -0.731 e. The topological polar surface area (TPSA) is 122 Å². The molecule has 0 aliphatic heterocycles. The van der Waals surface area contributed by atoms with Gasteiger partial charge in [0.25, 0.3) is 5.69 Å². The Labute approximate surface area is 126 Å². The molecule has 0 aliphatic carbocycles. The van der Waals surface area contributed by atoms with Gasteiger partial charge in [-0.3, -0.25) is 14.8 Å². The second-order valence-electron chi connectivity index (χ2n) is 2.93. The van der Waals surface area contributed by atoms with Crippen molar-refractivity contribution >= 4 is 21.7 Å². The van der Waals surface area contributed by atoms with Crippen LogP contribution in [-0.4, -0.2) is 24.5 Å². The average molecular weight is 284 g/mol. The maximum atomic E-state index is 10.7. The van der Waals surface area contributed by atoms with Gasteiger partial charge in [-0.25, -0.2) is 8.42 Å². The van der Waals surface area contributed by atoms with Crippen LogP contribution in [-0.2, 0) is 10.3 Å². The summed E-state index contributed by atoms with van der Waals surface area (Å²) in [7, 11) is -4.80. The number of ether oxygens (including phenoxy) is 1. The van der Waals surface area contributed by atoms with E-state index in [4.69, 9.17) is 4.74 Å². The van der Waals surface area contributed by atoms with Gasteiger partial charge in [-0.1, -0.05) is 0 Å². The van der Waals surface area contributed by atoms with Crippen molar-refractivity contribution in [3.8, 4) is 5.75 Å². The molecule has 0 radical (unpaired) electrons. The number of nitro groups is 1. The van der Waals surface area contributed by atoms with Crippen LogP contribution in [0.5, 0.6) is 5.75 Å². The van der Waals surface area contributed by atoms with Crippen LogP contribution < -0.4 is 39.0 Å². The first kappa shape index (κ1) is 17.1. The molecular formula is C8H9N2NaO6S. The molecule has 10 heteroatoms. The van der Waals surface area contributed by atoms with E-state index in [1.165, 1.54) is 10.8 Å². The third kappa shape index (κ3) is 5.19. The van der Waals surface area contributed by atoms with E-state index >= 15 is 0 Å². The van der Waals surface area contributed by atoms with Gasteiger partial charge in [0, 0.05) is 0 Å². The Bertz CT molecular complexity index is 532. The molecule has 0 saturated heterocycles. The van der Waals surface area contributed by atoms with Crippen LogP contribution in [0.25, 0.3) is 0 Å². The fourth-order valence-corrected chi connectivity index (χ4v) is 1.58. The molecule has 1 aromatic carbocycles. The molecule has 0 saturated carbocycles. The number of anilines is 1. The minimum absolute atomic E-state index is 0. The molecule has 1 aromatic rings. The first-order valence-electron chi connectivity index (χ1n) is 4.48. The Balaban J connectivity index is 0.00000289. The second-order valence-corrected chi connectivity index (χ2v) is 4.04. The molecule has 18 heavy (non-hydrogen) atoms. The van der Waals surface area contributed by atoms with Crippen molar-refractivity contribution in [3.05, 3.63) is 28.3 Å². The Morgan fingerprint density at radius 2 is 2.06 bits per heavy atom. The van der Waals surface area contributed by atoms with Crippen molar-refractivity contribution in [1.29, 1.82) is 0 Å². The fourth-order valence-electron chi connectivity index (χ4n) is 1.14. The molecule has 0 amide bonds. The monoisotopic (exact) mass is 284 g/mol. The smallest absolute Gasteiger partial charge is 0.731 e. The van der Waals surface area contributed by atoms with Gasteiger partial charge in [0.05, 0.1) is 17.6 Å². The van der Waals surface area contributed by atoms with Gasteiger partial charge in [-0.05, 0) is 19.1 Å². The van der Waals surface area contributed by atoms with Gasteiger partial charge < -0.3 is 9.29 Å². The Kier molecular flexibility index (Phi) is 6.57. The Morgan fingerprint density at radius 3 is 2.50 bits per heavy atom. The summed E-state index contributed by atoms with van der Waals surface area (Å²) < 4.78 is 37.9. The van der Waals surface area contributed by atoms with Crippen molar-refractivity contribution in [1.82, 2.24) is 0 Å². The van der Waals surface area contributed by atoms with E-state index in [9.17, 15) is 23.1 Å². The second kappa shape index (κ2) is 6.90. The summed E-state index contributed by atoms with van der Waals surface area (Å²) in [6.45, 7) is 2.00. The SMILES string of the molecule is CCOc1ccc(NS(=O)(=O)[O-])c([N+](=O)[O-])c1.[Na+]. The van der Waals surface area contributed by atoms with E-state index in [-0.39, 0.29) is 35.3 Å². The molecular weight excluding hydrogens is 275 g/mol. The van der Waals surface area contributed by atoms with E-state index < -0.39 is 26.6 Å². The molecule has 0 atom stereocenters. The Morgan fingerprint density at radius 1 is 1.44 bits per heavy atom. The quantitative estimate of drug-likeness (QED) is 0.285. The number of nitrogens with zero attached hydrogens (tertiary/aromatic N) is 1. The van der Waals surface area contributed by atoms with E-state index in [2.05, 4.69) is 0 Å². The Hall–Kier alpha value is -0.870. The van der Waals surface area contributed by atoms with Gasteiger partial charge in [0.2, 0.25) is 0 Å². The first-order valence-corrected chi connectivity index (χ1v) is 5.89. The summed E-state index contributed by atoms with van der Waals surface area (Å²) >= 11 is 0. The van der Waals surface area contributed by atoms with Crippen LogP contribution in [0.3, 0.4) is 0 Å². The van der Waals surface area contributed by atoms with Crippen LogP contribution in [0.15, 0.2) is 18.2 Å². The number of hydrogen-bond donors (Lipinski definition) is 1. The molecule has 0 spiro atoms. The van der Waals surface area contributed by atoms with Crippen LogP contribution in [0.1, 0.15) is 6.92 Å². The van der Waals surface area contributed by atoms with Gasteiger partial charge in [-0.2, -0.15) is 0 Å². The molecule has 0 bridgehead atoms. The summed E-state index contributed by atoms with van der Waals surface area (Å²) in [5, 5.41) is 10.7. The fraction of sp³-hybridized carbons (Fsp3) is 0.250. The van der Waals surface area contributed by atoms with Crippen molar-refractivity contribution < 1.29 is 52.2 Å². The molecule has 94 valence electrons. The van der Waals surface area contributed by atoms with Gasteiger partial charge in [-0.15, -0.1) is 0 Å². The third-order valence-electron chi connectivity index (χ3n) is 1.71. The summed E-state index contributed by atoms with van der Waals surface area (Å²) in [5.74, 6) is 0.216. The largest absolute Gasteiger partial charge is 1.00 e. The summed E-state index contributed by atoms with van der Waals surface area (Å²) in [6.07, 6.45) is 0. The molecule has 0 unspecified atom stereocenters. The predicted octanol–water partition coefficient (Wildman–Crippen LogP) is -2.13. The van der Waals surface area contributed by atoms with E-state index in [0.717, 1.165) is 12.1 Å². The van der Waals surface area contributed by atoms with E-state index in [1.807, 2.05) is 0 Å². The van der Waals surface area contributed by atoms with Crippen molar-refractivity contribution in [2.45, 2.75) is 6.92 Å². The van der Waals surface area contributed by atoms with Gasteiger partial charge in [0.15, 0.2) is 10.3 Å². The summed E-state index contributed by atoms with van der Waals surface area (Å²) in [6, 6.07) is 3.46. The van der Waals surface area contributed by atoms with Crippen LogP contribution >= 0.6 is 0 Å². The third-order valence-corrected chi connectivity index (χ3v) is 2.18. The van der Waals surface area contributed by atoms with Crippen molar-refractivity contribution in [3.63, 3.8) is 0 Å². The number of nitro benzene ring substituents is 1. The van der Waals surface area contributed by atoms with Gasteiger partial charge >= 0.3 is 29.6 Å². The first-order chi connectivity index (χ1) is 7.83. The average Bonchev–Trinajstić information content (AvgIpc) is 2.18. The van der Waals surface area contributed by atoms with Crippen molar-refractivity contribution in [2.24, 2.45) is 0 Å². The zero-order valence-electron chi connectivity index (χ0n) is 9.74. The van der Waals surface area contributed by atoms with Gasteiger partial charge in [0.1, 0.15) is 11.4 Å². The normalized spacial score (nSPS) is 10.3. The number of benzene rings is 1. The van der Waals surface area contributed by atoms with Crippen LogP contribution in [0.2, 0.25) is 0 Å². The van der Waals surface area contributed by atoms with Crippen molar-refractivity contribution in [2.75, 3.05) is 11.3 Å². The minimum atomic E-state index is -4.80. The summed E-state index contributed by atoms with van der Waals surface area (Å²) in [5.41, 5.74) is -0.941. The molecule has 0 aromatic heterocycles. The summed E-state index contributed by atoms with van der Waals surface area (Å²) in [4.78, 5) is 9.87. The molecule has 0 heterocycles. The maximum absolute atomic E-state index is 10.7. The number of hydrogen-bond acceptors (Lipinski definition) is 6. The molecule has 8 nitrogen and oxygen atoms in total. The zero-order valence-corrected chi connectivity index (χ0v) is 12.6. The number of nitrogens with one attached hydrogen (secondary N) is 1. The van der Waals surface area contributed by atoms with Crippen LogP contribution in [0.4, 0.5) is 11.4 Å². The number of rotatable bonds is 5. The molecule has 1 N–H and O–H groups in total.